The Labute approximate surface area is 128 Å². The lowest BCUT2D eigenvalue weighted by Gasteiger charge is -2.34. The molecule has 0 aliphatic carbocycles. The van der Waals surface area contributed by atoms with Crippen molar-refractivity contribution in [1.82, 2.24) is 19.7 Å². The summed E-state index contributed by atoms with van der Waals surface area (Å²) < 4.78 is 20.4. The SMILES string of the molecule is O[C@H](CN1CCO[C@H](Cn2cncn2)C1)c1ccc(F)cc1. The molecule has 1 aromatic carbocycles. The van der Waals surface area contributed by atoms with E-state index in [0.717, 1.165) is 18.7 Å². The molecule has 22 heavy (non-hydrogen) atoms. The lowest BCUT2D eigenvalue weighted by Crippen LogP contribution is -2.45. The standard InChI is InChI=1S/C15H19FN4O2/c16-13-3-1-12(2-4-13)15(21)9-19-5-6-22-14(7-19)8-20-11-17-10-18-20/h1-4,10-11,14-15,21H,5-9H2/t14-,15+/m0/s1. The minimum absolute atomic E-state index is 0.0240. The van der Waals surface area contributed by atoms with Gasteiger partial charge in [-0.15, -0.1) is 0 Å². The summed E-state index contributed by atoms with van der Waals surface area (Å²) in [6.45, 7) is 3.26. The van der Waals surface area contributed by atoms with E-state index in [-0.39, 0.29) is 11.9 Å². The van der Waals surface area contributed by atoms with Crippen molar-refractivity contribution >= 4 is 0 Å². The highest BCUT2D eigenvalue weighted by atomic mass is 19.1. The maximum atomic E-state index is 12.9. The predicted molar refractivity (Wildman–Crippen MR) is 77.6 cm³/mol. The van der Waals surface area contributed by atoms with Crippen molar-refractivity contribution in [2.45, 2.75) is 18.8 Å². The topological polar surface area (TPSA) is 63.4 Å². The summed E-state index contributed by atoms with van der Waals surface area (Å²) in [7, 11) is 0. The summed E-state index contributed by atoms with van der Waals surface area (Å²) in [4.78, 5) is 6.07. The van der Waals surface area contributed by atoms with Crippen LogP contribution in [0.4, 0.5) is 4.39 Å². The minimum Gasteiger partial charge on any atom is -0.387 e. The fraction of sp³-hybridized carbons (Fsp3) is 0.467. The van der Waals surface area contributed by atoms with Crippen LogP contribution in [-0.2, 0) is 11.3 Å². The van der Waals surface area contributed by atoms with Gasteiger partial charge in [-0.2, -0.15) is 5.10 Å². The van der Waals surface area contributed by atoms with Crippen molar-refractivity contribution in [1.29, 1.82) is 0 Å². The first kappa shape index (κ1) is 15.1. The van der Waals surface area contributed by atoms with Gasteiger partial charge < -0.3 is 9.84 Å². The Morgan fingerprint density at radius 2 is 2.18 bits per heavy atom. The minimum atomic E-state index is -0.634. The number of benzene rings is 1. The number of aromatic nitrogens is 3. The van der Waals surface area contributed by atoms with Crippen LogP contribution in [0.2, 0.25) is 0 Å². The summed E-state index contributed by atoms with van der Waals surface area (Å²) in [5.41, 5.74) is 0.723. The summed E-state index contributed by atoms with van der Waals surface area (Å²) in [5.74, 6) is -0.296. The Kier molecular flexibility index (Phi) is 4.77. The van der Waals surface area contributed by atoms with E-state index in [0.29, 0.717) is 19.7 Å². The number of hydrogen-bond donors (Lipinski definition) is 1. The van der Waals surface area contributed by atoms with E-state index in [4.69, 9.17) is 4.74 Å². The molecule has 2 aromatic rings. The summed E-state index contributed by atoms with van der Waals surface area (Å²) in [5, 5.41) is 14.3. The molecule has 7 heteroatoms. The number of β-amino-alcohol motifs (C(OH)–C–C–N with tert-alkyl or cyclic N) is 1. The molecule has 1 aliphatic rings. The van der Waals surface area contributed by atoms with E-state index in [2.05, 4.69) is 15.0 Å². The van der Waals surface area contributed by atoms with Gasteiger partial charge in [-0.3, -0.25) is 9.58 Å². The van der Waals surface area contributed by atoms with Gasteiger partial charge in [-0.1, -0.05) is 12.1 Å². The molecule has 6 nitrogen and oxygen atoms in total. The van der Waals surface area contributed by atoms with Gasteiger partial charge in [0, 0.05) is 19.6 Å². The Balaban J connectivity index is 1.54. The highest BCUT2D eigenvalue weighted by molar-refractivity contribution is 5.18. The maximum absolute atomic E-state index is 12.9. The molecule has 118 valence electrons. The van der Waals surface area contributed by atoms with Crippen LogP contribution in [-0.4, -0.2) is 57.1 Å². The van der Waals surface area contributed by atoms with Crippen molar-refractivity contribution in [2.75, 3.05) is 26.2 Å². The first-order valence-electron chi connectivity index (χ1n) is 7.30. The molecule has 0 radical (unpaired) electrons. The number of hydrogen-bond acceptors (Lipinski definition) is 5. The molecule has 0 amide bonds. The van der Waals surface area contributed by atoms with Gasteiger partial charge in [0.1, 0.15) is 18.5 Å². The number of aliphatic hydroxyl groups excluding tert-OH is 1. The fourth-order valence-corrected chi connectivity index (χ4v) is 2.63. The number of morpholine rings is 1. The van der Waals surface area contributed by atoms with Crippen LogP contribution in [0.15, 0.2) is 36.9 Å². The molecule has 0 saturated carbocycles. The summed E-state index contributed by atoms with van der Waals surface area (Å²) in [6, 6.07) is 5.97. The second-order valence-corrected chi connectivity index (χ2v) is 5.44. The van der Waals surface area contributed by atoms with E-state index >= 15 is 0 Å². The third-order valence-electron chi connectivity index (χ3n) is 3.77. The smallest absolute Gasteiger partial charge is 0.137 e. The largest absolute Gasteiger partial charge is 0.387 e. The summed E-state index contributed by atoms with van der Waals surface area (Å²) in [6.07, 6.45) is 2.55. The average Bonchev–Trinajstić information content (AvgIpc) is 3.01. The van der Waals surface area contributed by atoms with Crippen molar-refractivity contribution < 1.29 is 14.2 Å². The van der Waals surface area contributed by atoms with Crippen molar-refractivity contribution in [3.8, 4) is 0 Å². The lowest BCUT2D eigenvalue weighted by molar-refractivity contribution is -0.0487. The number of rotatable bonds is 5. The molecule has 1 saturated heterocycles. The second kappa shape index (κ2) is 6.95. The average molecular weight is 306 g/mol. The van der Waals surface area contributed by atoms with Crippen LogP contribution < -0.4 is 0 Å². The molecular formula is C15H19FN4O2. The Hall–Kier alpha value is -1.83. The highest BCUT2D eigenvalue weighted by Crippen LogP contribution is 2.17. The van der Waals surface area contributed by atoms with Crippen LogP contribution in [0.3, 0.4) is 0 Å². The Morgan fingerprint density at radius 1 is 1.36 bits per heavy atom. The fourth-order valence-electron chi connectivity index (χ4n) is 2.63. The molecule has 0 unspecified atom stereocenters. The molecule has 1 fully saturated rings. The van der Waals surface area contributed by atoms with Gasteiger partial charge in [0.2, 0.25) is 0 Å². The van der Waals surface area contributed by atoms with Gasteiger partial charge in [0.05, 0.1) is 25.4 Å². The molecule has 1 aliphatic heterocycles. The highest BCUT2D eigenvalue weighted by Gasteiger charge is 2.23. The first-order valence-corrected chi connectivity index (χ1v) is 7.30. The van der Waals surface area contributed by atoms with Crippen LogP contribution in [0, 0.1) is 5.82 Å². The van der Waals surface area contributed by atoms with E-state index in [9.17, 15) is 9.50 Å². The van der Waals surface area contributed by atoms with Crippen molar-refractivity contribution in [3.63, 3.8) is 0 Å². The van der Waals surface area contributed by atoms with Gasteiger partial charge in [-0.05, 0) is 17.7 Å². The van der Waals surface area contributed by atoms with E-state index < -0.39 is 6.10 Å². The number of nitrogens with zero attached hydrogens (tertiary/aromatic N) is 4. The molecule has 0 bridgehead atoms. The number of aliphatic hydroxyl groups is 1. The lowest BCUT2D eigenvalue weighted by atomic mass is 10.1. The molecule has 0 spiro atoms. The van der Waals surface area contributed by atoms with Gasteiger partial charge in [0.25, 0.3) is 0 Å². The molecule has 2 atom stereocenters. The third kappa shape index (κ3) is 3.88. The second-order valence-electron chi connectivity index (χ2n) is 5.44. The molecular weight excluding hydrogens is 287 g/mol. The zero-order valence-corrected chi connectivity index (χ0v) is 12.2. The zero-order chi connectivity index (χ0) is 15.4. The Morgan fingerprint density at radius 3 is 2.91 bits per heavy atom. The number of ether oxygens (including phenoxy) is 1. The molecule has 1 N–H and O–H groups in total. The first-order chi connectivity index (χ1) is 10.7. The van der Waals surface area contributed by atoms with Crippen LogP contribution in [0.25, 0.3) is 0 Å². The van der Waals surface area contributed by atoms with Gasteiger partial charge >= 0.3 is 0 Å². The zero-order valence-electron chi connectivity index (χ0n) is 12.2. The Bertz CT molecular complexity index is 576. The van der Waals surface area contributed by atoms with Crippen LogP contribution in [0.5, 0.6) is 0 Å². The molecule has 3 rings (SSSR count). The van der Waals surface area contributed by atoms with Crippen LogP contribution >= 0.6 is 0 Å². The van der Waals surface area contributed by atoms with E-state index in [1.807, 2.05) is 0 Å². The normalized spacial score (nSPS) is 20.9. The number of halogens is 1. The molecule has 1 aromatic heterocycles. The summed E-state index contributed by atoms with van der Waals surface area (Å²) >= 11 is 0. The van der Waals surface area contributed by atoms with Gasteiger partial charge in [0.15, 0.2) is 0 Å². The van der Waals surface area contributed by atoms with Gasteiger partial charge in [-0.25, -0.2) is 9.37 Å². The quantitative estimate of drug-likeness (QED) is 0.887. The monoisotopic (exact) mass is 306 g/mol. The molecule has 2 heterocycles. The van der Waals surface area contributed by atoms with Crippen LogP contribution in [0.1, 0.15) is 11.7 Å². The van der Waals surface area contributed by atoms with Crippen molar-refractivity contribution in [2.24, 2.45) is 0 Å². The van der Waals surface area contributed by atoms with Crippen molar-refractivity contribution in [3.05, 3.63) is 48.3 Å². The maximum Gasteiger partial charge on any atom is 0.137 e. The predicted octanol–water partition coefficient (Wildman–Crippen LogP) is 0.852. The van der Waals surface area contributed by atoms with E-state index in [1.165, 1.54) is 18.5 Å². The van der Waals surface area contributed by atoms with E-state index in [1.54, 1.807) is 23.1 Å². The third-order valence-corrected chi connectivity index (χ3v) is 3.77.